The van der Waals surface area contributed by atoms with Crippen molar-refractivity contribution in [3.63, 3.8) is 0 Å². The molecule has 0 fully saturated rings. The zero-order valence-corrected chi connectivity index (χ0v) is 13.7. The maximum absolute atomic E-state index is 12.9. The lowest BCUT2D eigenvalue weighted by Gasteiger charge is -2.21. The minimum atomic E-state index is -4.54. The zero-order chi connectivity index (χ0) is 18.0. The summed E-state index contributed by atoms with van der Waals surface area (Å²) in [4.78, 5) is 0. The van der Waals surface area contributed by atoms with Crippen LogP contribution in [0.1, 0.15) is 33.6 Å². The molecule has 0 heterocycles. The van der Waals surface area contributed by atoms with Gasteiger partial charge in [0.05, 0.1) is 17.8 Å². The van der Waals surface area contributed by atoms with Crippen molar-refractivity contribution in [2.75, 3.05) is 6.54 Å². The van der Waals surface area contributed by atoms with E-state index in [0.29, 0.717) is 0 Å². The summed E-state index contributed by atoms with van der Waals surface area (Å²) < 4.78 is 38.6. The number of hydrogen-bond acceptors (Lipinski definition) is 4. The average molecular weight is 331 g/mol. The van der Waals surface area contributed by atoms with E-state index < -0.39 is 11.7 Å². The first-order valence-electron chi connectivity index (χ1n) is 7.29. The van der Waals surface area contributed by atoms with Gasteiger partial charge >= 0.3 is 6.18 Å². The van der Waals surface area contributed by atoms with Gasteiger partial charge in [-0.2, -0.15) is 18.7 Å². The molecule has 8 heteroatoms. The Kier molecular flexibility index (Phi) is 9.09. The smallest absolute Gasteiger partial charge is 0.307 e. The number of nitrogens with zero attached hydrogens (tertiary/aromatic N) is 2. The maximum Gasteiger partial charge on any atom is 0.416 e. The molecule has 3 N–H and O–H groups in total. The normalized spacial score (nSPS) is 12.7. The first-order chi connectivity index (χ1) is 10.7. The molecule has 0 atom stereocenters. The van der Waals surface area contributed by atoms with Gasteiger partial charge in [-0.1, -0.05) is 37.8 Å². The Morgan fingerprint density at radius 3 is 2.30 bits per heavy atom. The molecule has 0 rings (SSSR count). The number of rotatable bonds is 9. The molecule has 0 aromatic rings. The molecule has 0 aromatic heterocycles. The average Bonchev–Trinajstić information content (AvgIpc) is 2.47. The lowest BCUT2D eigenvalue weighted by Crippen LogP contribution is -2.38. The van der Waals surface area contributed by atoms with E-state index in [4.69, 9.17) is 10.9 Å². The van der Waals surface area contributed by atoms with E-state index in [2.05, 4.69) is 17.1 Å². The molecule has 0 spiro atoms. The van der Waals surface area contributed by atoms with Gasteiger partial charge in [0, 0.05) is 6.04 Å². The van der Waals surface area contributed by atoms with Gasteiger partial charge in [0.2, 0.25) is 0 Å². The standard InChI is InChI=1S/C15H24F3N5/c1-5-8-12(15(16,17)18)9-11(4)23(22-20)14(19)10-21-13(6-2)7-3/h5,8-9,13,19-21H,4,6-7,10H2,1-3H3/b8-5-,12-9+,19-14?,22-20?. The van der Waals surface area contributed by atoms with Crippen molar-refractivity contribution in [1.29, 1.82) is 10.9 Å². The molecule has 130 valence electrons. The molecule has 0 aromatic carbocycles. The van der Waals surface area contributed by atoms with E-state index in [0.717, 1.165) is 30.0 Å². The zero-order valence-electron chi connectivity index (χ0n) is 13.7. The molecular formula is C15H24F3N5. The van der Waals surface area contributed by atoms with Gasteiger partial charge in [0.25, 0.3) is 0 Å². The molecule has 0 aliphatic rings. The van der Waals surface area contributed by atoms with Crippen LogP contribution in [-0.4, -0.2) is 29.6 Å². The highest BCUT2D eigenvalue weighted by molar-refractivity contribution is 5.82. The van der Waals surface area contributed by atoms with Crippen LogP contribution in [0.2, 0.25) is 0 Å². The fourth-order valence-corrected chi connectivity index (χ4v) is 1.84. The van der Waals surface area contributed by atoms with Crippen LogP contribution < -0.4 is 5.32 Å². The SMILES string of the molecule is C=C(/C=C(\C=C/C)C(F)(F)F)N(N=N)C(=N)CNC(CC)CC. The lowest BCUT2D eigenvalue weighted by molar-refractivity contribution is -0.0883. The van der Waals surface area contributed by atoms with E-state index in [9.17, 15) is 13.2 Å². The largest absolute Gasteiger partial charge is 0.416 e. The van der Waals surface area contributed by atoms with Crippen LogP contribution in [0.4, 0.5) is 13.2 Å². The number of allylic oxidation sites excluding steroid dienone is 4. The Morgan fingerprint density at radius 2 is 1.91 bits per heavy atom. The lowest BCUT2D eigenvalue weighted by atomic mass is 10.1. The summed E-state index contributed by atoms with van der Waals surface area (Å²) in [5.74, 6) is -0.143. The Balaban J connectivity index is 5.11. The van der Waals surface area contributed by atoms with E-state index in [1.165, 1.54) is 13.0 Å². The van der Waals surface area contributed by atoms with Gasteiger partial charge in [-0.25, -0.2) is 5.01 Å². The van der Waals surface area contributed by atoms with Crippen molar-refractivity contribution < 1.29 is 13.2 Å². The van der Waals surface area contributed by atoms with Gasteiger partial charge in [0.1, 0.15) is 5.84 Å². The van der Waals surface area contributed by atoms with Crippen LogP contribution in [-0.2, 0) is 0 Å². The third-order valence-electron chi connectivity index (χ3n) is 3.17. The van der Waals surface area contributed by atoms with Gasteiger partial charge in [-0.3, -0.25) is 5.41 Å². The van der Waals surface area contributed by atoms with E-state index in [-0.39, 0.29) is 24.1 Å². The Labute approximate surface area is 134 Å². The molecule has 0 aliphatic carbocycles. The van der Waals surface area contributed by atoms with Crippen molar-refractivity contribution in [3.05, 3.63) is 36.1 Å². The third kappa shape index (κ3) is 7.23. The highest BCUT2D eigenvalue weighted by Crippen LogP contribution is 2.28. The summed E-state index contributed by atoms with van der Waals surface area (Å²) in [6.07, 6.45) is 0.112. The van der Waals surface area contributed by atoms with E-state index in [1.54, 1.807) is 0 Å². The summed E-state index contributed by atoms with van der Waals surface area (Å²) in [5, 5.41) is 14.8. The first kappa shape index (κ1) is 21.0. The monoisotopic (exact) mass is 331 g/mol. The minimum Gasteiger partial charge on any atom is -0.307 e. The van der Waals surface area contributed by atoms with Crippen molar-refractivity contribution in [1.82, 2.24) is 10.3 Å². The predicted molar refractivity (Wildman–Crippen MR) is 85.2 cm³/mol. The maximum atomic E-state index is 12.9. The Morgan fingerprint density at radius 1 is 1.35 bits per heavy atom. The van der Waals surface area contributed by atoms with Crippen molar-refractivity contribution in [3.8, 4) is 0 Å². The van der Waals surface area contributed by atoms with Crippen LogP contribution in [0.3, 0.4) is 0 Å². The fourth-order valence-electron chi connectivity index (χ4n) is 1.84. The number of alkyl halides is 3. The van der Waals surface area contributed by atoms with Crippen molar-refractivity contribution in [2.24, 2.45) is 5.22 Å². The van der Waals surface area contributed by atoms with Crippen LogP contribution in [0.5, 0.6) is 0 Å². The second-order valence-electron chi connectivity index (χ2n) is 4.84. The van der Waals surface area contributed by atoms with Gasteiger partial charge in [0.15, 0.2) is 0 Å². The third-order valence-corrected chi connectivity index (χ3v) is 3.17. The van der Waals surface area contributed by atoms with Crippen molar-refractivity contribution in [2.45, 2.75) is 45.8 Å². The molecule has 5 nitrogen and oxygen atoms in total. The number of halogens is 3. The molecule has 0 saturated heterocycles. The molecule has 0 amide bonds. The van der Waals surface area contributed by atoms with Crippen LogP contribution in [0, 0.1) is 10.9 Å². The number of nitrogens with one attached hydrogen (secondary N) is 3. The highest BCUT2D eigenvalue weighted by Gasteiger charge is 2.32. The summed E-state index contributed by atoms with van der Waals surface area (Å²) in [5.41, 5.74) is 5.98. The van der Waals surface area contributed by atoms with Crippen molar-refractivity contribution >= 4 is 5.84 Å². The molecule has 0 radical (unpaired) electrons. The Hall–Kier alpha value is -1.96. The molecule has 23 heavy (non-hydrogen) atoms. The van der Waals surface area contributed by atoms with E-state index in [1.807, 2.05) is 13.8 Å². The van der Waals surface area contributed by atoms with E-state index >= 15 is 0 Å². The minimum absolute atomic E-state index is 0.0898. The quantitative estimate of drug-likeness (QED) is 0.190. The number of amidine groups is 1. The molecule has 0 saturated carbocycles. The first-order valence-corrected chi connectivity index (χ1v) is 7.29. The van der Waals surface area contributed by atoms with Gasteiger partial charge in [-0.05, 0) is 25.8 Å². The summed E-state index contributed by atoms with van der Waals surface area (Å²) in [7, 11) is 0. The second kappa shape index (κ2) is 9.94. The second-order valence-corrected chi connectivity index (χ2v) is 4.84. The fraction of sp³-hybridized carbons (Fsp3) is 0.533. The van der Waals surface area contributed by atoms with Gasteiger partial charge in [-0.15, -0.1) is 0 Å². The summed E-state index contributed by atoms with van der Waals surface area (Å²) >= 11 is 0. The van der Waals surface area contributed by atoms with Crippen LogP contribution in [0.25, 0.3) is 0 Å². The summed E-state index contributed by atoms with van der Waals surface area (Å²) in [6.45, 7) is 9.03. The summed E-state index contributed by atoms with van der Waals surface area (Å²) in [6, 6.07) is 0.195. The Bertz CT molecular complexity index is 476. The highest BCUT2D eigenvalue weighted by atomic mass is 19.4. The topological polar surface area (TPSA) is 75.3 Å². The van der Waals surface area contributed by atoms with Gasteiger partial charge < -0.3 is 5.32 Å². The molecule has 0 aliphatic heterocycles. The number of hydrogen-bond donors (Lipinski definition) is 3. The molecule has 0 bridgehead atoms. The predicted octanol–water partition coefficient (Wildman–Crippen LogP) is 4.57. The molecule has 0 unspecified atom stereocenters. The van der Waals surface area contributed by atoms with Crippen LogP contribution >= 0.6 is 0 Å². The van der Waals surface area contributed by atoms with Crippen LogP contribution in [0.15, 0.2) is 41.3 Å². The molecular weight excluding hydrogens is 307 g/mol.